The van der Waals surface area contributed by atoms with Crippen LogP contribution in [0, 0.1) is 0 Å². The van der Waals surface area contributed by atoms with E-state index in [0.717, 1.165) is 19.3 Å². The molecule has 1 aliphatic rings. The highest BCUT2D eigenvalue weighted by molar-refractivity contribution is 7.92. The third-order valence-corrected chi connectivity index (χ3v) is 7.05. The normalized spacial score (nSPS) is 15.2. The highest BCUT2D eigenvalue weighted by Crippen LogP contribution is 2.37. The summed E-state index contributed by atoms with van der Waals surface area (Å²) in [5, 5.41) is 4.00. The third kappa shape index (κ3) is 3.88. The number of para-hydroxylation sites is 1. The molecule has 0 bridgehead atoms. The molecular formula is C20H23ClN4O3S. The summed E-state index contributed by atoms with van der Waals surface area (Å²) in [5.41, 5.74) is 7.02. The smallest absolute Gasteiger partial charge is 0.264 e. The number of anilines is 1. The second kappa shape index (κ2) is 8.14. The van der Waals surface area contributed by atoms with Gasteiger partial charge in [0.25, 0.3) is 15.9 Å². The lowest BCUT2D eigenvalue weighted by Gasteiger charge is -2.34. The average molecular weight is 435 g/mol. The first-order valence-electron chi connectivity index (χ1n) is 9.25. The standard InChI is InChI=1S/C20H22N4O3S.ClH/c1-2-24(16-7-4-3-5-8-16)28(25,26)17-11-9-15(10-12-17)18-22-19(23-27-18)20(21)13-6-14-20;/h3-5,7-12H,2,6,13-14,21H2,1H3;1H. The Balaban J connectivity index is 0.00000240. The molecule has 1 saturated carbocycles. The van der Waals surface area contributed by atoms with Crippen LogP contribution in [0.1, 0.15) is 32.0 Å². The summed E-state index contributed by atoms with van der Waals surface area (Å²) in [6.07, 6.45) is 2.74. The lowest BCUT2D eigenvalue weighted by atomic mass is 9.77. The molecule has 0 atom stereocenters. The van der Waals surface area contributed by atoms with Crippen molar-refractivity contribution < 1.29 is 12.9 Å². The van der Waals surface area contributed by atoms with Crippen LogP contribution < -0.4 is 10.0 Å². The number of nitrogens with two attached hydrogens (primary N) is 1. The Kier molecular flexibility index (Phi) is 5.97. The predicted octanol–water partition coefficient (Wildman–Crippen LogP) is 3.71. The fraction of sp³-hybridized carbons (Fsp3) is 0.300. The number of benzene rings is 2. The Morgan fingerprint density at radius 3 is 2.31 bits per heavy atom. The molecule has 1 fully saturated rings. The van der Waals surface area contributed by atoms with Crippen molar-refractivity contribution in [2.45, 2.75) is 36.6 Å². The van der Waals surface area contributed by atoms with Crippen molar-refractivity contribution in [3.05, 3.63) is 60.4 Å². The first kappa shape index (κ1) is 21.3. The van der Waals surface area contributed by atoms with Gasteiger partial charge in [0.2, 0.25) is 0 Å². The Labute approximate surface area is 176 Å². The SMILES string of the molecule is CCN(c1ccccc1)S(=O)(=O)c1ccc(-c2nc(C3(N)CCC3)no2)cc1.Cl. The van der Waals surface area contributed by atoms with Crippen molar-refractivity contribution >= 4 is 28.1 Å². The van der Waals surface area contributed by atoms with Crippen LogP contribution in [0.25, 0.3) is 11.5 Å². The average Bonchev–Trinajstić information content (AvgIpc) is 3.18. The molecule has 29 heavy (non-hydrogen) atoms. The Morgan fingerprint density at radius 1 is 1.10 bits per heavy atom. The lowest BCUT2D eigenvalue weighted by Crippen LogP contribution is -2.44. The first-order chi connectivity index (χ1) is 13.4. The van der Waals surface area contributed by atoms with Crippen LogP contribution in [0.2, 0.25) is 0 Å². The van der Waals surface area contributed by atoms with Crippen LogP contribution in [0.3, 0.4) is 0 Å². The number of aromatic nitrogens is 2. The molecule has 3 aromatic rings. The van der Waals surface area contributed by atoms with Crippen molar-refractivity contribution in [3.63, 3.8) is 0 Å². The lowest BCUT2D eigenvalue weighted by molar-refractivity contribution is 0.229. The van der Waals surface area contributed by atoms with Gasteiger partial charge in [0, 0.05) is 12.1 Å². The van der Waals surface area contributed by atoms with Crippen molar-refractivity contribution in [1.82, 2.24) is 10.1 Å². The van der Waals surface area contributed by atoms with Crippen molar-refractivity contribution in [2.24, 2.45) is 5.73 Å². The summed E-state index contributed by atoms with van der Waals surface area (Å²) in [6, 6.07) is 15.5. The van der Waals surface area contributed by atoms with Gasteiger partial charge in [0.1, 0.15) is 0 Å². The molecule has 2 N–H and O–H groups in total. The van der Waals surface area contributed by atoms with E-state index in [2.05, 4.69) is 10.1 Å². The summed E-state index contributed by atoms with van der Waals surface area (Å²) < 4.78 is 32.8. The molecule has 0 aliphatic heterocycles. The second-order valence-electron chi connectivity index (χ2n) is 6.96. The van der Waals surface area contributed by atoms with Gasteiger partial charge in [0.05, 0.1) is 16.1 Å². The van der Waals surface area contributed by atoms with Gasteiger partial charge in [-0.25, -0.2) is 8.42 Å². The Bertz CT molecular complexity index is 1060. The summed E-state index contributed by atoms with van der Waals surface area (Å²) >= 11 is 0. The fourth-order valence-electron chi connectivity index (χ4n) is 3.31. The zero-order valence-corrected chi connectivity index (χ0v) is 17.6. The van der Waals surface area contributed by atoms with E-state index in [9.17, 15) is 8.42 Å². The monoisotopic (exact) mass is 434 g/mol. The molecule has 0 amide bonds. The zero-order valence-electron chi connectivity index (χ0n) is 16.0. The maximum atomic E-state index is 13.1. The molecule has 9 heteroatoms. The van der Waals surface area contributed by atoms with E-state index in [1.807, 2.05) is 25.1 Å². The minimum Gasteiger partial charge on any atom is -0.334 e. The van der Waals surface area contributed by atoms with Gasteiger partial charge in [-0.3, -0.25) is 4.31 Å². The van der Waals surface area contributed by atoms with E-state index in [-0.39, 0.29) is 17.3 Å². The molecule has 0 unspecified atom stereocenters. The molecule has 7 nitrogen and oxygen atoms in total. The maximum Gasteiger partial charge on any atom is 0.264 e. The van der Waals surface area contributed by atoms with E-state index in [1.54, 1.807) is 36.4 Å². The van der Waals surface area contributed by atoms with Gasteiger partial charge >= 0.3 is 0 Å². The molecule has 0 spiro atoms. The number of nitrogens with zero attached hydrogens (tertiary/aromatic N) is 3. The van der Waals surface area contributed by atoms with Gasteiger partial charge in [-0.15, -0.1) is 12.4 Å². The Morgan fingerprint density at radius 2 is 1.76 bits per heavy atom. The van der Waals surface area contributed by atoms with E-state index in [1.165, 1.54) is 4.31 Å². The fourth-order valence-corrected chi connectivity index (χ4v) is 4.78. The number of sulfonamides is 1. The molecule has 0 saturated heterocycles. The van der Waals surface area contributed by atoms with Gasteiger partial charge in [-0.1, -0.05) is 23.4 Å². The van der Waals surface area contributed by atoms with Gasteiger partial charge in [-0.05, 0) is 62.6 Å². The van der Waals surface area contributed by atoms with E-state index < -0.39 is 15.6 Å². The van der Waals surface area contributed by atoms with Crippen molar-refractivity contribution in [3.8, 4) is 11.5 Å². The third-order valence-electron chi connectivity index (χ3n) is 5.14. The maximum absolute atomic E-state index is 13.1. The summed E-state index contributed by atoms with van der Waals surface area (Å²) in [6.45, 7) is 2.14. The molecule has 1 aromatic heterocycles. The highest BCUT2D eigenvalue weighted by atomic mass is 35.5. The van der Waals surface area contributed by atoms with E-state index >= 15 is 0 Å². The minimum atomic E-state index is -3.67. The minimum absolute atomic E-state index is 0. The molecule has 2 aromatic carbocycles. The second-order valence-corrected chi connectivity index (χ2v) is 8.82. The Hall–Kier alpha value is -2.42. The largest absolute Gasteiger partial charge is 0.334 e. The van der Waals surface area contributed by atoms with Crippen LogP contribution in [-0.4, -0.2) is 25.1 Å². The van der Waals surface area contributed by atoms with E-state index in [4.69, 9.17) is 10.3 Å². The van der Waals surface area contributed by atoms with Crippen molar-refractivity contribution in [1.29, 1.82) is 0 Å². The molecule has 154 valence electrons. The van der Waals surface area contributed by atoms with Crippen LogP contribution in [0.4, 0.5) is 5.69 Å². The van der Waals surface area contributed by atoms with Gasteiger partial charge in [-0.2, -0.15) is 4.98 Å². The van der Waals surface area contributed by atoms with Gasteiger partial charge < -0.3 is 10.3 Å². The summed E-state index contributed by atoms with van der Waals surface area (Å²) in [5.74, 6) is 0.845. The predicted molar refractivity (Wildman–Crippen MR) is 113 cm³/mol. The summed E-state index contributed by atoms with van der Waals surface area (Å²) in [7, 11) is -3.67. The summed E-state index contributed by atoms with van der Waals surface area (Å²) in [4.78, 5) is 4.61. The van der Waals surface area contributed by atoms with Crippen LogP contribution in [0.15, 0.2) is 64.0 Å². The van der Waals surface area contributed by atoms with E-state index in [0.29, 0.717) is 29.5 Å². The zero-order chi connectivity index (χ0) is 19.8. The first-order valence-corrected chi connectivity index (χ1v) is 10.7. The topological polar surface area (TPSA) is 102 Å². The molecular weight excluding hydrogens is 412 g/mol. The number of hydrogen-bond donors (Lipinski definition) is 1. The van der Waals surface area contributed by atoms with Crippen LogP contribution in [0.5, 0.6) is 0 Å². The van der Waals surface area contributed by atoms with Crippen LogP contribution in [-0.2, 0) is 15.6 Å². The molecule has 1 heterocycles. The van der Waals surface area contributed by atoms with Gasteiger partial charge in [0.15, 0.2) is 5.82 Å². The molecule has 0 radical (unpaired) electrons. The number of hydrogen-bond acceptors (Lipinski definition) is 6. The number of rotatable bonds is 6. The molecule has 4 rings (SSSR count). The van der Waals surface area contributed by atoms with Crippen molar-refractivity contribution in [2.75, 3.05) is 10.8 Å². The van der Waals surface area contributed by atoms with Crippen LogP contribution >= 0.6 is 12.4 Å². The molecule has 1 aliphatic carbocycles. The highest BCUT2D eigenvalue weighted by Gasteiger charge is 2.39. The quantitative estimate of drug-likeness (QED) is 0.634. The number of halogens is 1.